The van der Waals surface area contributed by atoms with Gasteiger partial charge in [0, 0.05) is 23.2 Å². The minimum absolute atomic E-state index is 0.189. The molecule has 2 N–H and O–H groups in total. The summed E-state index contributed by atoms with van der Waals surface area (Å²) in [6, 6.07) is 5.43. The maximum Gasteiger partial charge on any atom is 0.321 e. The summed E-state index contributed by atoms with van der Waals surface area (Å²) in [6.07, 6.45) is 0.620. The molecule has 1 fully saturated rings. The van der Waals surface area contributed by atoms with Crippen molar-refractivity contribution in [2.24, 2.45) is 11.8 Å². The minimum Gasteiger partial charge on any atom is -0.481 e. The Hall–Kier alpha value is -1.56. The number of hydrogen-bond donors (Lipinski definition) is 2. The van der Waals surface area contributed by atoms with Gasteiger partial charge in [0.05, 0.1) is 5.92 Å². The Morgan fingerprint density at radius 2 is 2.10 bits per heavy atom. The average Bonchev–Trinajstić information content (AvgIpc) is 2.42. The van der Waals surface area contributed by atoms with E-state index in [-0.39, 0.29) is 18.5 Å². The third-order valence-corrected chi connectivity index (χ3v) is 4.23. The molecule has 0 saturated carbocycles. The van der Waals surface area contributed by atoms with E-state index in [2.05, 4.69) is 21.2 Å². The fourth-order valence-corrected chi connectivity index (χ4v) is 2.98. The van der Waals surface area contributed by atoms with Gasteiger partial charge in [0.15, 0.2) is 0 Å². The number of carbonyl (C=O) groups is 2. The number of carbonyl (C=O) groups excluding carboxylic acids is 1. The van der Waals surface area contributed by atoms with Crippen LogP contribution < -0.4 is 5.32 Å². The summed E-state index contributed by atoms with van der Waals surface area (Å²) in [5, 5.41) is 12.0. The summed E-state index contributed by atoms with van der Waals surface area (Å²) < 4.78 is 0.888. The van der Waals surface area contributed by atoms with E-state index in [1.54, 1.807) is 4.90 Å². The first kappa shape index (κ1) is 15.8. The molecule has 2 unspecified atom stereocenters. The van der Waals surface area contributed by atoms with Crippen molar-refractivity contribution in [3.63, 3.8) is 0 Å². The topological polar surface area (TPSA) is 69.6 Å². The van der Waals surface area contributed by atoms with Gasteiger partial charge in [-0.2, -0.15) is 0 Å². The van der Waals surface area contributed by atoms with Gasteiger partial charge in [0.2, 0.25) is 0 Å². The molecule has 1 aromatic rings. The van der Waals surface area contributed by atoms with Crippen LogP contribution in [0.4, 0.5) is 10.5 Å². The first-order valence-corrected chi connectivity index (χ1v) is 7.71. The van der Waals surface area contributed by atoms with Crippen LogP contribution in [0, 0.1) is 18.8 Å². The average molecular weight is 355 g/mol. The van der Waals surface area contributed by atoms with Gasteiger partial charge < -0.3 is 15.3 Å². The number of benzene rings is 1. The van der Waals surface area contributed by atoms with E-state index < -0.39 is 11.9 Å². The van der Waals surface area contributed by atoms with Crippen LogP contribution in [0.5, 0.6) is 0 Å². The smallest absolute Gasteiger partial charge is 0.321 e. The van der Waals surface area contributed by atoms with Crippen LogP contribution in [0.25, 0.3) is 0 Å². The maximum absolute atomic E-state index is 12.4. The number of carboxylic acid groups (broad SMARTS) is 1. The highest BCUT2D eigenvalue weighted by Gasteiger charge is 2.31. The Labute approximate surface area is 132 Å². The number of halogens is 1. The van der Waals surface area contributed by atoms with Gasteiger partial charge in [-0.3, -0.25) is 4.79 Å². The number of nitrogens with zero attached hydrogens (tertiary/aromatic N) is 1. The number of nitrogens with one attached hydrogen (secondary N) is 1. The lowest BCUT2D eigenvalue weighted by Gasteiger charge is -2.34. The Morgan fingerprint density at radius 1 is 1.38 bits per heavy atom. The van der Waals surface area contributed by atoms with Crippen LogP contribution in [0.15, 0.2) is 22.7 Å². The van der Waals surface area contributed by atoms with Crippen LogP contribution in [0.1, 0.15) is 18.9 Å². The lowest BCUT2D eigenvalue weighted by Crippen LogP contribution is -2.47. The van der Waals surface area contributed by atoms with Crippen molar-refractivity contribution in [3.8, 4) is 0 Å². The Bertz CT molecular complexity index is 562. The molecule has 114 valence electrons. The molecule has 0 spiro atoms. The van der Waals surface area contributed by atoms with Gasteiger partial charge in [-0.05, 0) is 37.0 Å². The van der Waals surface area contributed by atoms with Gasteiger partial charge in [-0.1, -0.05) is 28.9 Å². The first-order valence-electron chi connectivity index (χ1n) is 6.91. The van der Waals surface area contributed by atoms with Crippen molar-refractivity contribution in [2.75, 3.05) is 18.4 Å². The van der Waals surface area contributed by atoms with Gasteiger partial charge >= 0.3 is 12.0 Å². The third-order valence-electron chi connectivity index (χ3n) is 3.74. The van der Waals surface area contributed by atoms with Crippen LogP contribution in [0.3, 0.4) is 0 Å². The van der Waals surface area contributed by atoms with Crippen molar-refractivity contribution >= 4 is 33.6 Å². The maximum atomic E-state index is 12.4. The summed E-state index contributed by atoms with van der Waals surface area (Å²) in [7, 11) is 0. The summed E-state index contributed by atoms with van der Waals surface area (Å²) in [5.74, 6) is -1.13. The number of urea groups is 1. The van der Waals surface area contributed by atoms with Crippen molar-refractivity contribution in [2.45, 2.75) is 20.3 Å². The quantitative estimate of drug-likeness (QED) is 0.855. The zero-order valence-electron chi connectivity index (χ0n) is 12.1. The zero-order chi connectivity index (χ0) is 15.6. The first-order chi connectivity index (χ1) is 9.86. The molecule has 2 amide bonds. The molecule has 21 heavy (non-hydrogen) atoms. The molecule has 1 saturated heterocycles. The molecule has 0 aromatic heterocycles. The summed E-state index contributed by atoms with van der Waals surface area (Å²) in [6.45, 7) is 4.74. The van der Waals surface area contributed by atoms with E-state index in [0.717, 1.165) is 15.7 Å². The zero-order valence-corrected chi connectivity index (χ0v) is 13.7. The van der Waals surface area contributed by atoms with Gasteiger partial charge in [0.1, 0.15) is 0 Å². The van der Waals surface area contributed by atoms with Crippen LogP contribution in [-0.4, -0.2) is 35.1 Å². The molecular weight excluding hydrogens is 336 g/mol. The molecule has 0 bridgehead atoms. The predicted octanol–water partition coefficient (Wildman–Crippen LogP) is 3.33. The van der Waals surface area contributed by atoms with Crippen molar-refractivity contribution in [1.29, 1.82) is 0 Å². The SMILES string of the molecule is Cc1ccc(Br)cc1NC(=O)N1CC(C)CC(C(=O)O)C1. The fraction of sp³-hybridized carbons (Fsp3) is 0.467. The molecule has 0 aliphatic carbocycles. The second kappa shape index (κ2) is 6.47. The van der Waals surface area contributed by atoms with E-state index in [4.69, 9.17) is 5.11 Å². The molecule has 2 atom stereocenters. The summed E-state index contributed by atoms with van der Waals surface area (Å²) in [5.41, 5.74) is 1.70. The van der Waals surface area contributed by atoms with Crippen LogP contribution in [0.2, 0.25) is 0 Å². The Balaban J connectivity index is 2.08. The number of rotatable bonds is 2. The molecule has 0 radical (unpaired) electrons. The highest BCUT2D eigenvalue weighted by atomic mass is 79.9. The Morgan fingerprint density at radius 3 is 2.76 bits per heavy atom. The molecule has 6 heteroatoms. The number of aliphatic carboxylic acids is 1. The fourth-order valence-electron chi connectivity index (χ4n) is 2.62. The lowest BCUT2D eigenvalue weighted by atomic mass is 9.91. The molecule has 1 aliphatic heterocycles. The molecular formula is C15H19BrN2O3. The summed E-state index contributed by atoms with van der Waals surface area (Å²) in [4.78, 5) is 25.1. The van der Waals surface area contributed by atoms with Crippen LogP contribution in [-0.2, 0) is 4.79 Å². The van der Waals surface area contributed by atoms with Gasteiger partial charge in [0.25, 0.3) is 0 Å². The number of carboxylic acids is 1. The summed E-state index contributed by atoms with van der Waals surface area (Å²) >= 11 is 3.38. The standard InChI is InChI=1S/C15H19BrN2O3/c1-9-5-11(14(19)20)8-18(7-9)15(21)17-13-6-12(16)4-3-10(13)2/h3-4,6,9,11H,5,7-8H2,1-2H3,(H,17,21)(H,19,20). The monoisotopic (exact) mass is 354 g/mol. The highest BCUT2D eigenvalue weighted by Crippen LogP contribution is 2.24. The third kappa shape index (κ3) is 3.97. The number of amides is 2. The Kier molecular flexibility index (Phi) is 4.88. The number of hydrogen-bond acceptors (Lipinski definition) is 2. The number of piperidine rings is 1. The molecule has 2 rings (SSSR count). The molecule has 1 heterocycles. The van der Waals surface area contributed by atoms with Crippen molar-refractivity contribution in [1.82, 2.24) is 4.90 Å². The van der Waals surface area contributed by atoms with E-state index in [1.807, 2.05) is 32.0 Å². The van der Waals surface area contributed by atoms with E-state index >= 15 is 0 Å². The largest absolute Gasteiger partial charge is 0.481 e. The number of aryl methyl sites for hydroxylation is 1. The lowest BCUT2D eigenvalue weighted by molar-refractivity contribution is -0.143. The molecule has 1 aliphatic rings. The van der Waals surface area contributed by atoms with Crippen molar-refractivity contribution in [3.05, 3.63) is 28.2 Å². The van der Waals surface area contributed by atoms with Crippen LogP contribution >= 0.6 is 15.9 Å². The number of anilines is 1. The van der Waals surface area contributed by atoms with Gasteiger partial charge in [-0.15, -0.1) is 0 Å². The minimum atomic E-state index is -0.835. The second-order valence-electron chi connectivity index (χ2n) is 5.67. The normalized spacial score (nSPS) is 22.0. The predicted molar refractivity (Wildman–Crippen MR) is 84.4 cm³/mol. The number of likely N-dealkylation sites (tertiary alicyclic amines) is 1. The highest BCUT2D eigenvalue weighted by molar-refractivity contribution is 9.10. The van der Waals surface area contributed by atoms with Crippen molar-refractivity contribution < 1.29 is 14.7 Å². The second-order valence-corrected chi connectivity index (χ2v) is 6.59. The van der Waals surface area contributed by atoms with E-state index in [1.165, 1.54) is 0 Å². The van der Waals surface area contributed by atoms with E-state index in [9.17, 15) is 9.59 Å². The molecule has 5 nitrogen and oxygen atoms in total. The van der Waals surface area contributed by atoms with Gasteiger partial charge in [-0.25, -0.2) is 4.79 Å². The molecule has 1 aromatic carbocycles. The van der Waals surface area contributed by atoms with E-state index in [0.29, 0.717) is 13.0 Å².